The van der Waals surface area contributed by atoms with Crippen LogP contribution in [0.25, 0.3) is 6.08 Å². The predicted molar refractivity (Wildman–Crippen MR) is 40.4 cm³/mol. The molecule has 68 valence electrons. The smallest absolute Gasteiger partial charge is 0.262 e. The Morgan fingerprint density at radius 1 is 1.62 bits per heavy atom. The van der Waals surface area contributed by atoms with Gasteiger partial charge >= 0.3 is 5.97 Å². The van der Waals surface area contributed by atoms with E-state index >= 15 is 0 Å². The van der Waals surface area contributed by atoms with Gasteiger partial charge in [-0.1, -0.05) is 0 Å². The van der Waals surface area contributed by atoms with Gasteiger partial charge in [-0.2, -0.15) is 0 Å². The summed E-state index contributed by atoms with van der Waals surface area (Å²) in [5.74, 6) is -1.78. The van der Waals surface area contributed by atoms with E-state index in [1.54, 1.807) is 0 Å². The molecule has 0 aliphatic heterocycles. The molecule has 0 amide bonds. The maximum atomic E-state index is 12.8. The van der Waals surface area contributed by atoms with Crippen LogP contribution in [0.3, 0.4) is 0 Å². The van der Waals surface area contributed by atoms with Gasteiger partial charge in [-0.25, -0.2) is 9.18 Å². The zero-order chi connectivity index (χ0) is 9.68. The molecule has 1 aromatic heterocycles. The fraction of sp³-hybridized carbons (Fsp3) is 0. The van der Waals surface area contributed by atoms with Crippen LogP contribution in [0.2, 0.25) is 0 Å². The summed E-state index contributed by atoms with van der Waals surface area (Å²) in [6.07, 6.45) is 4.21. The van der Waals surface area contributed by atoms with Crippen molar-refractivity contribution in [2.75, 3.05) is 0 Å². The summed E-state index contributed by atoms with van der Waals surface area (Å²) in [5, 5.41) is 0. The zero-order valence-corrected chi connectivity index (χ0v) is 6.41. The standard InChI is InChI=1S/C8H5F2NO2/c9-7-5-11-4-3-6(7)1-2-8(12)13-10/h1-5H/b2-1+. The third-order valence-corrected chi connectivity index (χ3v) is 1.28. The Balaban J connectivity index is 2.80. The molecule has 0 aliphatic rings. The van der Waals surface area contributed by atoms with Crippen LogP contribution in [-0.2, 0) is 9.74 Å². The number of halogens is 2. The van der Waals surface area contributed by atoms with Crippen molar-refractivity contribution < 1.29 is 18.7 Å². The summed E-state index contributed by atoms with van der Waals surface area (Å²) in [6.45, 7) is 0. The molecule has 0 N–H and O–H groups in total. The van der Waals surface area contributed by atoms with Crippen molar-refractivity contribution in [3.8, 4) is 0 Å². The Hall–Kier alpha value is -1.78. The third kappa shape index (κ3) is 2.62. The number of nitrogens with zero attached hydrogens (tertiary/aromatic N) is 1. The van der Waals surface area contributed by atoms with Crippen molar-refractivity contribution in [2.45, 2.75) is 0 Å². The summed E-state index contributed by atoms with van der Waals surface area (Å²) in [7, 11) is 0. The predicted octanol–water partition coefficient (Wildman–Crippen LogP) is 1.66. The number of hydrogen-bond donors (Lipinski definition) is 0. The van der Waals surface area contributed by atoms with Gasteiger partial charge in [-0.05, 0) is 12.1 Å². The molecule has 0 unspecified atom stereocenters. The molecule has 1 heterocycles. The molecule has 0 aromatic carbocycles. The van der Waals surface area contributed by atoms with Gasteiger partial charge in [0.1, 0.15) is 5.82 Å². The maximum absolute atomic E-state index is 12.8. The van der Waals surface area contributed by atoms with Crippen LogP contribution in [-0.4, -0.2) is 11.0 Å². The number of pyridine rings is 1. The third-order valence-electron chi connectivity index (χ3n) is 1.28. The fourth-order valence-electron chi connectivity index (χ4n) is 0.705. The number of carbonyl (C=O) groups excluding carboxylic acids is 1. The number of carbonyl (C=O) groups is 1. The van der Waals surface area contributed by atoms with Crippen LogP contribution in [0.1, 0.15) is 5.56 Å². The van der Waals surface area contributed by atoms with Crippen LogP contribution in [0.15, 0.2) is 24.5 Å². The molecule has 1 aromatic rings. The minimum atomic E-state index is -1.18. The van der Waals surface area contributed by atoms with E-state index in [1.807, 2.05) is 0 Å². The second kappa shape index (κ2) is 4.30. The highest BCUT2D eigenvalue weighted by Gasteiger charge is 1.99. The normalized spacial score (nSPS) is 10.3. The van der Waals surface area contributed by atoms with E-state index in [9.17, 15) is 13.7 Å². The van der Waals surface area contributed by atoms with Gasteiger partial charge in [0.15, 0.2) is 0 Å². The minimum Gasteiger partial charge on any atom is -0.262 e. The van der Waals surface area contributed by atoms with Crippen LogP contribution in [0, 0.1) is 5.82 Å². The minimum absolute atomic E-state index is 0.139. The van der Waals surface area contributed by atoms with Crippen LogP contribution >= 0.6 is 0 Å². The van der Waals surface area contributed by atoms with E-state index in [2.05, 4.69) is 9.93 Å². The molecular formula is C8H5F2NO2. The second-order valence-corrected chi connectivity index (χ2v) is 2.13. The first kappa shape index (κ1) is 9.31. The molecule has 0 saturated heterocycles. The van der Waals surface area contributed by atoms with Crippen molar-refractivity contribution in [3.63, 3.8) is 0 Å². The summed E-state index contributed by atoms with van der Waals surface area (Å²) in [4.78, 5) is 16.6. The highest BCUT2D eigenvalue weighted by atomic mass is 19.3. The average molecular weight is 185 g/mol. The van der Waals surface area contributed by atoms with Crippen LogP contribution in [0.5, 0.6) is 0 Å². The van der Waals surface area contributed by atoms with E-state index in [-0.39, 0.29) is 5.56 Å². The van der Waals surface area contributed by atoms with Gasteiger partial charge in [0.05, 0.1) is 6.20 Å². The lowest BCUT2D eigenvalue weighted by Gasteiger charge is -1.92. The molecule has 13 heavy (non-hydrogen) atoms. The SMILES string of the molecule is O=C(/C=C/c1ccncc1F)OF. The van der Waals surface area contributed by atoms with E-state index in [4.69, 9.17) is 0 Å². The monoisotopic (exact) mass is 185 g/mol. The first-order valence-corrected chi connectivity index (χ1v) is 3.34. The highest BCUT2D eigenvalue weighted by Crippen LogP contribution is 2.06. The molecule has 0 saturated carbocycles. The van der Waals surface area contributed by atoms with Gasteiger partial charge in [-0.15, -0.1) is 0 Å². The molecule has 0 radical (unpaired) electrons. The summed E-state index contributed by atoms with van der Waals surface area (Å²) >= 11 is 0. The van der Waals surface area contributed by atoms with Gasteiger partial charge in [0.2, 0.25) is 0 Å². The molecule has 0 spiro atoms. The Bertz CT molecular complexity index is 339. The summed E-state index contributed by atoms with van der Waals surface area (Å²) < 4.78 is 24.0. The topological polar surface area (TPSA) is 39.2 Å². The van der Waals surface area contributed by atoms with Crippen molar-refractivity contribution in [3.05, 3.63) is 35.9 Å². The van der Waals surface area contributed by atoms with Gasteiger partial charge in [-0.3, -0.25) is 9.93 Å². The molecule has 0 bridgehead atoms. The number of rotatable bonds is 2. The maximum Gasteiger partial charge on any atom is 0.372 e. The van der Waals surface area contributed by atoms with Crippen molar-refractivity contribution in [1.29, 1.82) is 0 Å². The molecule has 0 atom stereocenters. The first-order valence-electron chi connectivity index (χ1n) is 3.34. The van der Waals surface area contributed by atoms with E-state index in [0.717, 1.165) is 18.3 Å². The van der Waals surface area contributed by atoms with Crippen LogP contribution in [0.4, 0.5) is 8.92 Å². The molecule has 1 rings (SSSR count). The number of aromatic nitrogens is 1. The zero-order valence-electron chi connectivity index (χ0n) is 6.41. The highest BCUT2D eigenvalue weighted by molar-refractivity contribution is 5.86. The van der Waals surface area contributed by atoms with E-state index in [0.29, 0.717) is 0 Å². The van der Waals surface area contributed by atoms with Crippen molar-refractivity contribution in [1.82, 2.24) is 4.98 Å². The summed E-state index contributed by atoms with van der Waals surface area (Å²) in [6, 6.07) is 1.34. The lowest BCUT2D eigenvalue weighted by molar-refractivity contribution is -0.176. The Labute approximate surface area is 72.6 Å². The number of hydrogen-bond acceptors (Lipinski definition) is 3. The fourth-order valence-corrected chi connectivity index (χ4v) is 0.705. The first-order chi connectivity index (χ1) is 6.24. The Morgan fingerprint density at radius 2 is 2.38 bits per heavy atom. The van der Waals surface area contributed by atoms with Crippen molar-refractivity contribution >= 4 is 12.0 Å². The lowest BCUT2D eigenvalue weighted by atomic mass is 10.2. The Morgan fingerprint density at radius 3 is 3.00 bits per heavy atom. The second-order valence-electron chi connectivity index (χ2n) is 2.13. The largest absolute Gasteiger partial charge is 0.372 e. The van der Waals surface area contributed by atoms with E-state index < -0.39 is 11.8 Å². The van der Waals surface area contributed by atoms with Crippen LogP contribution < -0.4 is 0 Å². The molecule has 3 nitrogen and oxygen atoms in total. The van der Waals surface area contributed by atoms with E-state index in [1.165, 1.54) is 12.3 Å². The molecular weight excluding hydrogens is 180 g/mol. The van der Waals surface area contributed by atoms with Gasteiger partial charge in [0.25, 0.3) is 0 Å². The van der Waals surface area contributed by atoms with Gasteiger partial charge < -0.3 is 0 Å². The quantitative estimate of drug-likeness (QED) is 0.657. The lowest BCUT2D eigenvalue weighted by Crippen LogP contribution is -1.90. The van der Waals surface area contributed by atoms with Crippen molar-refractivity contribution in [2.24, 2.45) is 0 Å². The van der Waals surface area contributed by atoms with Gasteiger partial charge in [0, 0.05) is 22.4 Å². The molecule has 0 fully saturated rings. The summed E-state index contributed by atoms with van der Waals surface area (Å²) in [5.41, 5.74) is 0.139. The average Bonchev–Trinajstić information content (AvgIpc) is 2.16. The Kier molecular flexibility index (Phi) is 3.08. The molecule has 0 aliphatic carbocycles. The molecule has 5 heteroatoms.